The number of nitrogens with one attached hydrogen (secondary N) is 1. The monoisotopic (exact) mass is 565 g/mol. The van der Waals surface area contributed by atoms with Gasteiger partial charge in [0, 0.05) is 25.1 Å². The summed E-state index contributed by atoms with van der Waals surface area (Å²) < 4.78 is 37.7. The first-order valence-corrected chi connectivity index (χ1v) is 15.1. The van der Waals surface area contributed by atoms with Crippen LogP contribution < -0.4 is 19.1 Å². The maximum absolute atomic E-state index is 14.1. The van der Waals surface area contributed by atoms with Crippen molar-refractivity contribution in [1.29, 1.82) is 0 Å². The minimum atomic E-state index is -3.88. The van der Waals surface area contributed by atoms with E-state index in [1.807, 2.05) is 74.5 Å². The normalized spacial score (nSPS) is 13.8. The first-order valence-electron chi connectivity index (χ1n) is 13.2. The Labute approximate surface area is 235 Å². The summed E-state index contributed by atoms with van der Waals surface area (Å²) in [5.41, 5.74) is 1.97. The van der Waals surface area contributed by atoms with Gasteiger partial charge < -0.3 is 19.7 Å². The molecule has 0 radical (unpaired) electrons. The highest BCUT2D eigenvalue weighted by Gasteiger charge is 2.33. The van der Waals surface area contributed by atoms with Gasteiger partial charge in [0.2, 0.25) is 28.6 Å². The van der Waals surface area contributed by atoms with E-state index in [2.05, 4.69) is 5.32 Å². The van der Waals surface area contributed by atoms with E-state index in [4.69, 9.17) is 9.47 Å². The van der Waals surface area contributed by atoms with E-state index in [0.717, 1.165) is 28.1 Å². The molecule has 9 nitrogen and oxygen atoms in total. The topological polar surface area (TPSA) is 105 Å². The van der Waals surface area contributed by atoms with Crippen molar-refractivity contribution in [2.24, 2.45) is 0 Å². The summed E-state index contributed by atoms with van der Waals surface area (Å²) in [7, 11) is -3.88. The third-order valence-corrected chi connectivity index (χ3v) is 7.93. The average Bonchev–Trinajstić information content (AvgIpc) is 3.42. The summed E-state index contributed by atoms with van der Waals surface area (Å²) in [5, 5.41) is 3.02. The first-order chi connectivity index (χ1) is 19.2. The molecular formula is C30H35N3O6S. The maximum Gasteiger partial charge on any atom is 0.244 e. The highest BCUT2D eigenvalue weighted by atomic mass is 32.2. The zero-order valence-corrected chi connectivity index (χ0v) is 23.8. The van der Waals surface area contributed by atoms with Gasteiger partial charge in [-0.05, 0) is 36.6 Å². The van der Waals surface area contributed by atoms with Crippen molar-refractivity contribution in [3.63, 3.8) is 0 Å². The minimum absolute atomic E-state index is 0.0356. The van der Waals surface area contributed by atoms with Crippen LogP contribution in [0.5, 0.6) is 11.5 Å². The molecule has 0 aliphatic carbocycles. The molecule has 4 rings (SSSR count). The first kappa shape index (κ1) is 28.9. The average molecular weight is 566 g/mol. The second-order valence-electron chi connectivity index (χ2n) is 9.84. The Morgan fingerprint density at radius 1 is 0.925 bits per heavy atom. The van der Waals surface area contributed by atoms with Crippen LogP contribution in [0.2, 0.25) is 0 Å². The van der Waals surface area contributed by atoms with Gasteiger partial charge in [-0.3, -0.25) is 13.9 Å². The highest BCUT2D eigenvalue weighted by Crippen LogP contribution is 2.36. The molecule has 1 heterocycles. The zero-order chi connectivity index (χ0) is 28.7. The van der Waals surface area contributed by atoms with Crippen LogP contribution in [0.25, 0.3) is 0 Å². The van der Waals surface area contributed by atoms with Gasteiger partial charge in [-0.1, -0.05) is 67.6 Å². The summed E-state index contributed by atoms with van der Waals surface area (Å²) in [6.45, 7) is 3.55. The van der Waals surface area contributed by atoms with Gasteiger partial charge in [0.25, 0.3) is 0 Å². The fraction of sp³-hybridized carbons (Fsp3) is 0.333. The lowest BCUT2D eigenvalue weighted by Crippen LogP contribution is -2.54. The number of benzene rings is 3. The molecule has 2 atom stereocenters. The maximum atomic E-state index is 14.1. The van der Waals surface area contributed by atoms with Crippen molar-refractivity contribution < 1.29 is 27.5 Å². The Bertz CT molecular complexity index is 1420. The lowest BCUT2D eigenvalue weighted by Gasteiger charge is -2.34. The highest BCUT2D eigenvalue weighted by molar-refractivity contribution is 7.92. The molecule has 2 unspecified atom stereocenters. The SMILES string of the molecule is CCC(C)NC(=O)C(Cc1ccccc1)N(Cc1ccccc1)C(=O)CN(c1ccc2c(c1)OCO2)S(C)(=O)=O. The molecule has 0 fully saturated rings. The van der Waals surface area contributed by atoms with Crippen molar-refractivity contribution in [3.05, 3.63) is 90.0 Å². The predicted octanol–water partition coefficient (Wildman–Crippen LogP) is 3.74. The smallest absolute Gasteiger partial charge is 0.244 e. The molecule has 0 saturated heterocycles. The summed E-state index contributed by atoms with van der Waals surface area (Å²) in [4.78, 5) is 29.2. The minimum Gasteiger partial charge on any atom is -0.454 e. The summed E-state index contributed by atoms with van der Waals surface area (Å²) in [5.74, 6) is 0.0946. The standard InChI is InChI=1S/C30H35N3O6S/c1-4-22(2)31-30(35)26(17-23-11-7-5-8-12-23)32(19-24-13-9-6-10-14-24)29(34)20-33(40(3,36)37)25-15-16-27-28(18-25)39-21-38-27/h5-16,18,22,26H,4,17,19-21H2,1-3H3,(H,31,35). The molecule has 212 valence electrons. The lowest BCUT2D eigenvalue weighted by atomic mass is 10.0. The van der Waals surface area contributed by atoms with Gasteiger partial charge in [-0.15, -0.1) is 0 Å². The predicted molar refractivity (Wildman–Crippen MR) is 154 cm³/mol. The molecule has 0 saturated carbocycles. The number of anilines is 1. The van der Waals surface area contributed by atoms with Crippen LogP contribution in [0.4, 0.5) is 5.69 Å². The van der Waals surface area contributed by atoms with Crippen molar-refractivity contribution in [1.82, 2.24) is 10.2 Å². The Morgan fingerprint density at radius 2 is 1.55 bits per heavy atom. The molecule has 0 aromatic heterocycles. The molecule has 1 aliphatic rings. The van der Waals surface area contributed by atoms with Crippen LogP contribution in [0.3, 0.4) is 0 Å². The number of hydrogen-bond donors (Lipinski definition) is 1. The fourth-order valence-corrected chi connectivity index (χ4v) is 5.27. The van der Waals surface area contributed by atoms with Gasteiger partial charge in [-0.25, -0.2) is 8.42 Å². The van der Waals surface area contributed by atoms with Crippen LogP contribution >= 0.6 is 0 Å². The van der Waals surface area contributed by atoms with E-state index in [-0.39, 0.29) is 37.4 Å². The van der Waals surface area contributed by atoms with Gasteiger partial charge in [0.1, 0.15) is 12.6 Å². The molecule has 10 heteroatoms. The van der Waals surface area contributed by atoms with Crippen LogP contribution in [-0.2, 0) is 32.6 Å². The number of carbonyl (C=O) groups is 2. The van der Waals surface area contributed by atoms with E-state index in [1.165, 1.54) is 11.0 Å². The van der Waals surface area contributed by atoms with Crippen LogP contribution in [0.15, 0.2) is 78.9 Å². The number of amides is 2. The third-order valence-electron chi connectivity index (χ3n) is 6.79. The molecule has 0 bridgehead atoms. The van der Waals surface area contributed by atoms with E-state index >= 15 is 0 Å². The zero-order valence-electron chi connectivity index (χ0n) is 22.9. The third kappa shape index (κ3) is 7.32. The molecular weight excluding hydrogens is 530 g/mol. The summed E-state index contributed by atoms with van der Waals surface area (Å²) in [6.07, 6.45) is 2.04. The Morgan fingerprint density at radius 3 is 2.17 bits per heavy atom. The fourth-order valence-electron chi connectivity index (χ4n) is 4.43. The van der Waals surface area contributed by atoms with Crippen molar-refractivity contribution >= 4 is 27.5 Å². The number of fused-ring (bicyclic) bond motifs is 1. The number of ether oxygens (including phenoxy) is 2. The quantitative estimate of drug-likeness (QED) is 0.359. The van der Waals surface area contributed by atoms with Gasteiger partial charge in [0.15, 0.2) is 11.5 Å². The van der Waals surface area contributed by atoms with Crippen LogP contribution in [0.1, 0.15) is 31.4 Å². The largest absolute Gasteiger partial charge is 0.454 e. The summed E-state index contributed by atoms with van der Waals surface area (Å²) in [6, 6.07) is 22.6. The number of carbonyl (C=O) groups excluding carboxylic acids is 2. The van der Waals surface area contributed by atoms with E-state index < -0.39 is 28.5 Å². The van der Waals surface area contributed by atoms with E-state index in [1.54, 1.807) is 12.1 Å². The van der Waals surface area contributed by atoms with Gasteiger partial charge in [-0.2, -0.15) is 0 Å². The van der Waals surface area contributed by atoms with Crippen molar-refractivity contribution in [2.45, 2.75) is 45.3 Å². The molecule has 3 aromatic rings. The molecule has 0 spiro atoms. The molecule has 40 heavy (non-hydrogen) atoms. The number of sulfonamides is 1. The van der Waals surface area contributed by atoms with Gasteiger partial charge in [0.05, 0.1) is 11.9 Å². The van der Waals surface area contributed by atoms with Crippen molar-refractivity contribution in [3.8, 4) is 11.5 Å². The molecule has 1 N–H and O–H groups in total. The number of nitrogens with zero attached hydrogens (tertiary/aromatic N) is 2. The van der Waals surface area contributed by atoms with Crippen LogP contribution in [0, 0.1) is 0 Å². The second-order valence-corrected chi connectivity index (χ2v) is 11.7. The van der Waals surface area contributed by atoms with E-state index in [0.29, 0.717) is 11.5 Å². The number of rotatable bonds is 12. The van der Waals surface area contributed by atoms with Crippen LogP contribution in [-0.4, -0.2) is 56.8 Å². The Kier molecular flexibility index (Phi) is 9.31. The molecule has 3 aromatic carbocycles. The second kappa shape index (κ2) is 12.9. The van der Waals surface area contributed by atoms with Gasteiger partial charge >= 0.3 is 0 Å². The summed E-state index contributed by atoms with van der Waals surface area (Å²) >= 11 is 0. The number of hydrogen-bond acceptors (Lipinski definition) is 6. The molecule has 1 aliphatic heterocycles. The van der Waals surface area contributed by atoms with Crippen molar-refractivity contribution in [2.75, 3.05) is 23.9 Å². The Balaban J connectivity index is 1.71. The van der Waals surface area contributed by atoms with E-state index in [9.17, 15) is 18.0 Å². The molecule has 2 amide bonds. The Hall–Kier alpha value is -4.05. The lowest BCUT2D eigenvalue weighted by molar-refractivity contribution is -0.140.